The number of fused-ring (bicyclic) bond motifs is 7. The van der Waals surface area contributed by atoms with E-state index in [9.17, 15) is 0 Å². The van der Waals surface area contributed by atoms with Gasteiger partial charge in [0.1, 0.15) is 23.0 Å². The van der Waals surface area contributed by atoms with E-state index in [1.165, 1.54) is 38.3 Å². The molecule has 0 saturated carbocycles. The average molecular weight is 553 g/mol. The van der Waals surface area contributed by atoms with Gasteiger partial charge in [-0.25, -0.2) is 0 Å². The van der Waals surface area contributed by atoms with E-state index in [1.54, 1.807) is 0 Å². The van der Waals surface area contributed by atoms with Crippen molar-refractivity contribution in [2.24, 2.45) is 0 Å². The number of ether oxygens (including phenoxy) is 2. The summed E-state index contributed by atoms with van der Waals surface area (Å²) in [5.41, 5.74) is 12.8. The number of rotatable bonds is 2. The van der Waals surface area contributed by atoms with Gasteiger partial charge < -0.3 is 14.0 Å². The minimum Gasteiger partial charge on any atom is -0.458 e. The third kappa shape index (κ3) is 3.50. The van der Waals surface area contributed by atoms with Gasteiger partial charge in [-0.15, -0.1) is 0 Å². The first-order chi connectivity index (χ1) is 21.0. The molecule has 0 spiro atoms. The summed E-state index contributed by atoms with van der Waals surface area (Å²) in [5.74, 6) is 3.64. The van der Waals surface area contributed by atoms with Gasteiger partial charge in [-0.3, -0.25) is 0 Å². The Morgan fingerprint density at radius 1 is 0.535 bits per heavy atom. The third-order valence-electron chi connectivity index (χ3n) is 9.19. The minimum atomic E-state index is 0.0673. The lowest BCUT2D eigenvalue weighted by atomic mass is 9.34. The van der Waals surface area contributed by atoms with Crippen molar-refractivity contribution in [3.8, 4) is 39.8 Å². The summed E-state index contributed by atoms with van der Waals surface area (Å²) in [6.07, 6.45) is 0. The van der Waals surface area contributed by atoms with E-state index >= 15 is 0 Å². The topological polar surface area (TPSA) is 23.4 Å². The molecule has 6 aromatic carbocycles. The number of benzene rings is 6. The van der Waals surface area contributed by atoms with Gasteiger partial charge >= 0.3 is 0 Å². The standard InChI is InChI=1S/C39H28BNO2/c1-23-15-18-33-30(19-23)29-17-16-26(20-34(29)41(33)28-11-5-4-6-12-28)27-21-35-37-36(22-27)43-39-25(3)10-8-14-32(39)40(37)31-13-7-9-24(2)38(31)42-35/h4-22H,1-3H3. The second-order valence-electron chi connectivity index (χ2n) is 11.9. The summed E-state index contributed by atoms with van der Waals surface area (Å²) in [5, 5.41) is 2.51. The van der Waals surface area contributed by atoms with Crippen molar-refractivity contribution in [2.75, 3.05) is 0 Å². The Morgan fingerprint density at radius 3 is 1.88 bits per heavy atom. The summed E-state index contributed by atoms with van der Waals surface area (Å²) in [4.78, 5) is 0. The first kappa shape index (κ1) is 24.4. The largest absolute Gasteiger partial charge is 0.458 e. The molecule has 4 heteroatoms. The summed E-state index contributed by atoms with van der Waals surface area (Å²) >= 11 is 0. The Labute approximate surface area is 251 Å². The molecule has 204 valence electrons. The average Bonchev–Trinajstić information content (AvgIpc) is 3.35. The van der Waals surface area contributed by atoms with Crippen molar-refractivity contribution in [1.82, 2.24) is 4.57 Å². The van der Waals surface area contributed by atoms with Crippen molar-refractivity contribution >= 4 is 44.9 Å². The lowest BCUT2D eigenvalue weighted by Crippen LogP contribution is -2.57. The molecular weight excluding hydrogens is 525 g/mol. The Kier molecular flexibility index (Phi) is 5.04. The molecule has 3 nitrogen and oxygen atoms in total. The molecule has 3 heterocycles. The van der Waals surface area contributed by atoms with Crippen molar-refractivity contribution in [3.05, 3.63) is 132 Å². The number of para-hydroxylation sites is 3. The maximum atomic E-state index is 6.72. The van der Waals surface area contributed by atoms with Crippen LogP contribution in [0.3, 0.4) is 0 Å². The lowest BCUT2D eigenvalue weighted by molar-refractivity contribution is 0.461. The highest BCUT2D eigenvalue weighted by Gasteiger charge is 2.41. The van der Waals surface area contributed by atoms with Crippen LogP contribution in [0.25, 0.3) is 38.6 Å². The van der Waals surface area contributed by atoms with Gasteiger partial charge in [0.15, 0.2) is 0 Å². The minimum absolute atomic E-state index is 0.0673. The molecule has 0 fully saturated rings. The highest BCUT2D eigenvalue weighted by molar-refractivity contribution is 6.98. The molecule has 1 aromatic heterocycles. The fourth-order valence-electron chi connectivity index (χ4n) is 7.17. The Bertz CT molecular complexity index is 2210. The summed E-state index contributed by atoms with van der Waals surface area (Å²) < 4.78 is 15.8. The molecule has 9 rings (SSSR count). The predicted octanol–water partition coefficient (Wildman–Crippen LogP) is 8.10. The van der Waals surface area contributed by atoms with E-state index in [4.69, 9.17) is 9.47 Å². The molecular formula is C39H28BNO2. The second-order valence-corrected chi connectivity index (χ2v) is 11.9. The highest BCUT2D eigenvalue weighted by atomic mass is 16.5. The summed E-state index contributed by atoms with van der Waals surface area (Å²) in [6.45, 7) is 6.48. The molecule has 2 aliphatic rings. The smallest absolute Gasteiger partial charge is 0.260 e. The molecule has 43 heavy (non-hydrogen) atoms. The maximum Gasteiger partial charge on any atom is 0.260 e. The van der Waals surface area contributed by atoms with Crippen LogP contribution in [0.15, 0.2) is 115 Å². The van der Waals surface area contributed by atoms with Crippen LogP contribution in [-0.2, 0) is 0 Å². The quantitative estimate of drug-likeness (QED) is 0.202. The molecule has 0 N–H and O–H groups in total. The number of aryl methyl sites for hydroxylation is 3. The monoisotopic (exact) mass is 553 g/mol. The van der Waals surface area contributed by atoms with Crippen molar-refractivity contribution in [3.63, 3.8) is 0 Å². The number of nitrogens with zero attached hydrogens (tertiary/aromatic N) is 1. The molecule has 0 radical (unpaired) electrons. The van der Waals surface area contributed by atoms with Crippen LogP contribution in [0.5, 0.6) is 23.0 Å². The maximum absolute atomic E-state index is 6.72. The zero-order valence-corrected chi connectivity index (χ0v) is 24.3. The van der Waals surface area contributed by atoms with Crippen LogP contribution < -0.4 is 25.9 Å². The first-order valence-electron chi connectivity index (χ1n) is 14.9. The van der Waals surface area contributed by atoms with Gasteiger partial charge in [0.2, 0.25) is 0 Å². The molecule has 0 amide bonds. The van der Waals surface area contributed by atoms with E-state index in [2.05, 4.69) is 141 Å². The molecule has 0 atom stereocenters. The number of hydrogen-bond acceptors (Lipinski definition) is 2. The predicted molar refractivity (Wildman–Crippen MR) is 178 cm³/mol. The van der Waals surface area contributed by atoms with Crippen LogP contribution in [0.2, 0.25) is 0 Å². The zero-order valence-electron chi connectivity index (χ0n) is 24.3. The fourth-order valence-corrected chi connectivity index (χ4v) is 7.17. The van der Waals surface area contributed by atoms with Crippen LogP contribution in [0.1, 0.15) is 16.7 Å². The molecule has 0 saturated heterocycles. The molecule has 0 aliphatic carbocycles. The normalized spacial score (nSPS) is 12.9. The molecule has 0 bridgehead atoms. The van der Waals surface area contributed by atoms with Crippen molar-refractivity contribution < 1.29 is 9.47 Å². The highest BCUT2D eigenvalue weighted by Crippen LogP contribution is 2.41. The zero-order chi connectivity index (χ0) is 28.8. The van der Waals surface area contributed by atoms with E-state index in [1.807, 2.05) is 0 Å². The van der Waals surface area contributed by atoms with Crippen LogP contribution in [-0.4, -0.2) is 11.3 Å². The third-order valence-corrected chi connectivity index (χ3v) is 9.19. The van der Waals surface area contributed by atoms with Gasteiger partial charge in [-0.2, -0.15) is 0 Å². The van der Waals surface area contributed by atoms with E-state index < -0.39 is 0 Å². The van der Waals surface area contributed by atoms with Gasteiger partial charge in [0.05, 0.1) is 11.0 Å². The fraction of sp³-hybridized carbons (Fsp3) is 0.0769. The second kappa shape index (κ2) is 8.89. The van der Waals surface area contributed by atoms with Crippen molar-refractivity contribution in [2.45, 2.75) is 20.8 Å². The van der Waals surface area contributed by atoms with Gasteiger partial charge in [-0.05, 0) is 96.4 Å². The van der Waals surface area contributed by atoms with Crippen molar-refractivity contribution in [1.29, 1.82) is 0 Å². The number of aromatic nitrogens is 1. The van der Waals surface area contributed by atoms with Crippen LogP contribution >= 0.6 is 0 Å². The summed E-state index contributed by atoms with van der Waals surface area (Å²) in [6, 6.07) is 41.5. The van der Waals surface area contributed by atoms with Crippen LogP contribution in [0, 0.1) is 20.8 Å². The first-order valence-corrected chi connectivity index (χ1v) is 14.9. The Morgan fingerprint density at radius 2 is 1.21 bits per heavy atom. The van der Waals surface area contributed by atoms with Crippen LogP contribution in [0.4, 0.5) is 0 Å². The van der Waals surface area contributed by atoms with E-state index in [0.29, 0.717) is 0 Å². The number of hydrogen-bond donors (Lipinski definition) is 0. The molecule has 2 aliphatic heterocycles. The lowest BCUT2D eigenvalue weighted by Gasteiger charge is -2.34. The Balaban J connectivity index is 1.29. The summed E-state index contributed by atoms with van der Waals surface area (Å²) in [7, 11) is 0. The van der Waals surface area contributed by atoms with Gasteiger partial charge in [-0.1, -0.05) is 78.4 Å². The Hall–Kier alpha value is -5.22. The van der Waals surface area contributed by atoms with E-state index in [0.717, 1.165) is 56.4 Å². The van der Waals surface area contributed by atoms with Gasteiger partial charge in [0, 0.05) is 21.9 Å². The van der Waals surface area contributed by atoms with Gasteiger partial charge in [0.25, 0.3) is 6.71 Å². The molecule has 0 unspecified atom stereocenters. The SMILES string of the molecule is Cc1ccc2c(c1)c1ccc(-c3cc4c5c(c3)Oc3c(C)cccc3B5c3cccc(C)c3O4)cc1n2-c1ccccc1. The van der Waals surface area contributed by atoms with E-state index in [-0.39, 0.29) is 6.71 Å². The molecule has 7 aromatic rings.